The Morgan fingerprint density at radius 2 is 1.74 bits per heavy atom. The van der Waals surface area contributed by atoms with Crippen LogP contribution in [0.3, 0.4) is 0 Å². The second-order valence-corrected chi connectivity index (χ2v) is 6.34. The SMILES string of the molecule is O=S1(=O)NCc2cccc(-c3ccc(OC(F)(F)F)cc3)c2N1. The molecule has 122 valence electrons. The number of nitrogens with one attached hydrogen (secondary N) is 2. The molecule has 2 aromatic carbocycles. The van der Waals surface area contributed by atoms with E-state index in [0.29, 0.717) is 16.8 Å². The quantitative estimate of drug-likeness (QED) is 0.880. The van der Waals surface area contributed by atoms with Crippen molar-refractivity contribution < 1.29 is 26.3 Å². The lowest BCUT2D eigenvalue weighted by atomic mass is 10.0. The number of rotatable bonds is 2. The summed E-state index contributed by atoms with van der Waals surface area (Å²) in [5, 5.41) is 0. The summed E-state index contributed by atoms with van der Waals surface area (Å²) >= 11 is 0. The van der Waals surface area contributed by atoms with Crippen molar-refractivity contribution >= 4 is 15.9 Å². The number of hydrogen-bond acceptors (Lipinski definition) is 3. The highest BCUT2D eigenvalue weighted by Crippen LogP contribution is 2.35. The Morgan fingerprint density at radius 3 is 2.39 bits per heavy atom. The first-order chi connectivity index (χ1) is 10.7. The molecule has 0 saturated heterocycles. The molecule has 0 spiro atoms. The normalized spacial score (nSPS) is 16.3. The molecule has 5 nitrogen and oxygen atoms in total. The molecule has 0 fully saturated rings. The molecule has 23 heavy (non-hydrogen) atoms. The van der Waals surface area contributed by atoms with Gasteiger partial charge in [0.15, 0.2) is 0 Å². The number of anilines is 1. The predicted octanol–water partition coefficient (Wildman–Crippen LogP) is 3.01. The molecule has 0 aliphatic carbocycles. The number of para-hydroxylation sites is 1. The van der Waals surface area contributed by atoms with Gasteiger partial charge in [-0.2, -0.15) is 13.1 Å². The summed E-state index contributed by atoms with van der Waals surface area (Å²) in [4.78, 5) is 0. The third-order valence-electron chi connectivity index (χ3n) is 3.24. The van der Waals surface area contributed by atoms with Gasteiger partial charge in [0.1, 0.15) is 5.75 Å². The maximum Gasteiger partial charge on any atom is 0.573 e. The van der Waals surface area contributed by atoms with E-state index >= 15 is 0 Å². The van der Waals surface area contributed by atoms with Gasteiger partial charge in [-0.3, -0.25) is 4.72 Å². The molecule has 0 atom stereocenters. The lowest BCUT2D eigenvalue weighted by molar-refractivity contribution is -0.274. The van der Waals surface area contributed by atoms with E-state index in [4.69, 9.17) is 0 Å². The average Bonchev–Trinajstić information content (AvgIpc) is 2.45. The van der Waals surface area contributed by atoms with Crippen LogP contribution < -0.4 is 14.2 Å². The highest BCUT2D eigenvalue weighted by molar-refractivity contribution is 7.90. The first kappa shape index (κ1) is 15.6. The van der Waals surface area contributed by atoms with Gasteiger partial charge in [0.25, 0.3) is 10.2 Å². The molecule has 2 N–H and O–H groups in total. The van der Waals surface area contributed by atoms with Crippen molar-refractivity contribution in [2.75, 3.05) is 4.72 Å². The summed E-state index contributed by atoms with van der Waals surface area (Å²) in [7, 11) is -3.63. The van der Waals surface area contributed by atoms with Crippen molar-refractivity contribution in [1.29, 1.82) is 0 Å². The maximum absolute atomic E-state index is 12.2. The van der Waals surface area contributed by atoms with Crippen molar-refractivity contribution in [3.8, 4) is 16.9 Å². The van der Waals surface area contributed by atoms with Gasteiger partial charge < -0.3 is 4.74 Å². The molecule has 1 aliphatic rings. The van der Waals surface area contributed by atoms with Crippen molar-refractivity contribution in [2.24, 2.45) is 0 Å². The lowest BCUT2D eigenvalue weighted by Gasteiger charge is -2.22. The smallest absolute Gasteiger partial charge is 0.406 e. The van der Waals surface area contributed by atoms with Gasteiger partial charge in [0.2, 0.25) is 0 Å². The third kappa shape index (κ3) is 3.57. The van der Waals surface area contributed by atoms with Gasteiger partial charge in [-0.25, -0.2) is 0 Å². The van der Waals surface area contributed by atoms with Crippen LogP contribution in [-0.2, 0) is 16.8 Å². The molecule has 0 radical (unpaired) electrons. The van der Waals surface area contributed by atoms with Gasteiger partial charge in [-0.05, 0) is 23.3 Å². The zero-order valence-electron chi connectivity index (χ0n) is 11.5. The number of ether oxygens (including phenoxy) is 1. The van der Waals surface area contributed by atoms with E-state index in [2.05, 4.69) is 14.2 Å². The number of benzene rings is 2. The monoisotopic (exact) mass is 344 g/mol. The summed E-state index contributed by atoms with van der Waals surface area (Å²) in [6.45, 7) is 0.147. The van der Waals surface area contributed by atoms with E-state index in [0.717, 1.165) is 5.56 Å². The Labute approximate surface area is 130 Å². The molecule has 1 heterocycles. The zero-order valence-corrected chi connectivity index (χ0v) is 12.3. The minimum Gasteiger partial charge on any atom is -0.406 e. The van der Waals surface area contributed by atoms with Crippen LogP contribution in [0.1, 0.15) is 5.56 Å². The second kappa shape index (κ2) is 5.43. The minimum atomic E-state index is -4.76. The van der Waals surface area contributed by atoms with Crippen molar-refractivity contribution in [3.05, 3.63) is 48.0 Å². The Balaban J connectivity index is 1.97. The molecule has 9 heteroatoms. The van der Waals surface area contributed by atoms with Crippen LogP contribution in [0, 0.1) is 0 Å². The van der Waals surface area contributed by atoms with E-state index < -0.39 is 16.6 Å². The number of alkyl halides is 3. The summed E-state index contributed by atoms with van der Waals surface area (Å²) in [5.74, 6) is -0.340. The van der Waals surface area contributed by atoms with Gasteiger partial charge in [0.05, 0.1) is 5.69 Å². The van der Waals surface area contributed by atoms with E-state index in [-0.39, 0.29) is 12.3 Å². The van der Waals surface area contributed by atoms with Crippen LogP contribution in [0.25, 0.3) is 11.1 Å². The van der Waals surface area contributed by atoms with Crippen LogP contribution in [-0.4, -0.2) is 14.8 Å². The van der Waals surface area contributed by atoms with E-state index in [9.17, 15) is 21.6 Å². The van der Waals surface area contributed by atoms with Gasteiger partial charge in [0, 0.05) is 12.1 Å². The van der Waals surface area contributed by atoms with Gasteiger partial charge in [-0.15, -0.1) is 13.2 Å². The predicted molar refractivity (Wildman–Crippen MR) is 77.9 cm³/mol. The highest BCUT2D eigenvalue weighted by atomic mass is 32.2. The minimum absolute atomic E-state index is 0.147. The van der Waals surface area contributed by atoms with Crippen LogP contribution in [0.15, 0.2) is 42.5 Å². The van der Waals surface area contributed by atoms with E-state index in [1.54, 1.807) is 18.2 Å². The van der Waals surface area contributed by atoms with Crippen LogP contribution in [0.4, 0.5) is 18.9 Å². The summed E-state index contributed by atoms with van der Waals surface area (Å²) in [5.41, 5.74) is 2.30. The molecule has 0 saturated carbocycles. The van der Waals surface area contributed by atoms with Crippen LogP contribution in [0.2, 0.25) is 0 Å². The summed E-state index contributed by atoms with van der Waals surface area (Å²) in [6, 6.07) is 10.4. The Hall–Kier alpha value is -2.26. The number of fused-ring (bicyclic) bond motifs is 1. The summed E-state index contributed by atoms with van der Waals surface area (Å²) in [6.07, 6.45) is -4.76. The Morgan fingerprint density at radius 1 is 1.04 bits per heavy atom. The van der Waals surface area contributed by atoms with Crippen molar-refractivity contribution in [1.82, 2.24) is 4.72 Å². The lowest BCUT2D eigenvalue weighted by Crippen LogP contribution is -2.34. The fraction of sp³-hybridized carbons (Fsp3) is 0.143. The standard InChI is InChI=1S/C14H11F3N2O3S/c15-14(16,17)22-11-6-4-9(5-7-11)12-3-1-2-10-8-18-23(20,21)19-13(10)12/h1-7,18-19H,8H2. The molecule has 1 aliphatic heterocycles. The molecular weight excluding hydrogens is 333 g/mol. The largest absolute Gasteiger partial charge is 0.573 e. The molecule has 0 amide bonds. The van der Waals surface area contributed by atoms with Gasteiger partial charge in [-0.1, -0.05) is 30.3 Å². The Bertz CT molecular complexity index is 833. The van der Waals surface area contributed by atoms with Crippen LogP contribution >= 0.6 is 0 Å². The van der Waals surface area contributed by atoms with Crippen LogP contribution in [0.5, 0.6) is 5.75 Å². The second-order valence-electron chi connectivity index (χ2n) is 4.84. The molecule has 0 aromatic heterocycles. The topological polar surface area (TPSA) is 67.4 Å². The molecule has 2 aromatic rings. The molecule has 3 rings (SSSR count). The van der Waals surface area contributed by atoms with Crippen molar-refractivity contribution in [3.63, 3.8) is 0 Å². The van der Waals surface area contributed by atoms with Crippen molar-refractivity contribution in [2.45, 2.75) is 12.9 Å². The molecular formula is C14H11F3N2O3S. The van der Waals surface area contributed by atoms with E-state index in [1.165, 1.54) is 24.3 Å². The number of halogens is 3. The zero-order chi connectivity index (χ0) is 16.7. The number of hydrogen-bond donors (Lipinski definition) is 2. The fourth-order valence-electron chi connectivity index (χ4n) is 2.29. The van der Waals surface area contributed by atoms with E-state index in [1.807, 2.05) is 0 Å². The summed E-state index contributed by atoms with van der Waals surface area (Å²) < 4.78 is 68.4. The fourth-order valence-corrected chi connectivity index (χ4v) is 3.22. The molecule has 0 unspecified atom stereocenters. The average molecular weight is 344 g/mol. The van der Waals surface area contributed by atoms with Gasteiger partial charge >= 0.3 is 6.36 Å². The highest BCUT2D eigenvalue weighted by Gasteiger charge is 2.31. The Kier molecular flexibility index (Phi) is 3.69. The third-order valence-corrected chi connectivity index (χ3v) is 4.24. The maximum atomic E-state index is 12.2. The molecule has 0 bridgehead atoms. The first-order valence-corrected chi connectivity index (χ1v) is 7.97. The first-order valence-electron chi connectivity index (χ1n) is 6.49.